The number of nitrogens with zero attached hydrogens (tertiary/aromatic N) is 3. The predicted octanol–water partition coefficient (Wildman–Crippen LogP) is 3.59. The average molecular weight is 348 g/mol. The summed E-state index contributed by atoms with van der Waals surface area (Å²) in [7, 11) is 0. The molecule has 26 heavy (non-hydrogen) atoms. The molecule has 0 fully saturated rings. The molecular weight excluding hydrogens is 328 g/mol. The molecule has 0 saturated carbocycles. The third-order valence-corrected chi connectivity index (χ3v) is 4.42. The molecule has 3 rings (SSSR count). The van der Waals surface area contributed by atoms with Gasteiger partial charge < -0.3 is 9.30 Å². The molecule has 0 bridgehead atoms. The quantitative estimate of drug-likeness (QED) is 0.714. The third-order valence-electron chi connectivity index (χ3n) is 4.42. The second kappa shape index (κ2) is 7.28. The fourth-order valence-electron chi connectivity index (χ4n) is 3.04. The maximum Gasteiger partial charge on any atom is 0.356 e. The Bertz CT molecular complexity index is 974. The third kappa shape index (κ3) is 3.24. The number of aromatic nitrogens is 3. The van der Waals surface area contributed by atoms with E-state index in [1.165, 1.54) is 0 Å². The Morgan fingerprint density at radius 1 is 1.31 bits per heavy atom. The number of nitriles is 1. The molecule has 1 aromatic carbocycles. The SMILES string of the molecule is CCOC(=O)c1[nH]ncc1Cn1c(C)cc(-c2ccc(C#N)cc2)c1C. The van der Waals surface area contributed by atoms with Crippen LogP contribution in [-0.2, 0) is 11.3 Å². The minimum Gasteiger partial charge on any atom is -0.461 e. The van der Waals surface area contributed by atoms with Gasteiger partial charge >= 0.3 is 5.97 Å². The highest BCUT2D eigenvalue weighted by molar-refractivity contribution is 5.88. The zero-order chi connectivity index (χ0) is 18.7. The van der Waals surface area contributed by atoms with Gasteiger partial charge in [-0.1, -0.05) is 12.1 Å². The number of hydrogen-bond donors (Lipinski definition) is 1. The number of nitrogens with one attached hydrogen (secondary N) is 1. The van der Waals surface area contributed by atoms with E-state index in [9.17, 15) is 4.79 Å². The van der Waals surface area contributed by atoms with Crippen LogP contribution in [0.25, 0.3) is 11.1 Å². The summed E-state index contributed by atoms with van der Waals surface area (Å²) in [6, 6.07) is 11.8. The van der Waals surface area contributed by atoms with Crippen molar-refractivity contribution in [1.29, 1.82) is 5.26 Å². The monoisotopic (exact) mass is 348 g/mol. The van der Waals surface area contributed by atoms with Gasteiger partial charge in [0.25, 0.3) is 0 Å². The molecule has 3 aromatic rings. The molecule has 0 aliphatic heterocycles. The van der Waals surface area contributed by atoms with Crippen LogP contribution in [0.3, 0.4) is 0 Å². The zero-order valence-electron chi connectivity index (χ0n) is 15.0. The lowest BCUT2D eigenvalue weighted by Gasteiger charge is -2.10. The topological polar surface area (TPSA) is 83.7 Å². The Balaban J connectivity index is 1.93. The van der Waals surface area contributed by atoms with Crippen molar-refractivity contribution in [2.24, 2.45) is 0 Å². The van der Waals surface area contributed by atoms with Crippen molar-refractivity contribution >= 4 is 5.97 Å². The Labute approximate surface area is 152 Å². The molecule has 0 aliphatic carbocycles. The highest BCUT2D eigenvalue weighted by atomic mass is 16.5. The van der Waals surface area contributed by atoms with Gasteiger partial charge in [-0.05, 0) is 44.5 Å². The van der Waals surface area contributed by atoms with Gasteiger partial charge in [-0.15, -0.1) is 0 Å². The molecule has 0 saturated heterocycles. The van der Waals surface area contributed by atoms with Crippen LogP contribution in [0.4, 0.5) is 0 Å². The van der Waals surface area contributed by atoms with Crippen LogP contribution in [0, 0.1) is 25.2 Å². The molecule has 2 aromatic heterocycles. The summed E-state index contributed by atoms with van der Waals surface area (Å²) >= 11 is 0. The molecule has 0 spiro atoms. The molecule has 0 atom stereocenters. The number of aromatic amines is 1. The molecule has 1 N–H and O–H groups in total. The number of hydrogen-bond acceptors (Lipinski definition) is 4. The normalized spacial score (nSPS) is 10.5. The van der Waals surface area contributed by atoms with Crippen molar-refractivity contribution in [3.05, 3.63) is 64.7 Å². The number of rotatable bonds is 5. The van der Waals surface area contributed by atoms with Crippen LogP contribution in [0.15, 0.2) is 36.5 Å². The van der Waals surface area contributed by atoms with Gasteiger partial charge in [0.1, 0.15) is 5.69 Å². The minimum absolute atomic E-state index is 0.321. The van der Waals surface area contributed by atoms with Crippen LogP contribution >= 0.6 is 0 Å². The first-order valence-corrected chi connectivity index (χ1v) is 8.41. The van der Waals surface area contributed by atoms with Crippen molar-refractivity contribution < 1.29 is 9.53 Å². The van der Waals surface area contributed by atoms with Gasteiger partial charge in [0.15, 0.2) is 0 Å². The lowest BCUT2D eigenvalue weighted by molar-refractivity contribution is 0.0518. The van der Waals surface area contributed by atoms with Crippen molar-refractivity contribution in [3.63, 3.8) is 0 Å². The first kappa shape index (κ1) is 17.5. The number of aryl methyl sites for hydroxylation is 1. The fraction of sp³-hybridized carbons (Fsp3) is 0.250. The number of H-pyrrole nitrogens is 1. The van der Waals surface area contributed by atoms with Crippen LogP contribution < -0.4 is 0 Å². The fourth-order valence-corrected chi connectivity index (χ4v) is 3.04. The number of carbonyl (C=O) groups excluding carboxylic acids is 1. The van der Waals surface area contributed by atoms with Crippen LogP contribution in [-0.4, -0.2) is 27.3 Å². The van der Waals surface area contributed by atoms with Crippen LogP contribution in [0.1, 0.15) is 39.9 Å². The smallest absolute Gasteiger partial charge is 0.356 e. The number of esters is 1. The molecule has 2 heterocycles. The summed E-state index contributed by atoms with van der Waals surface area (Å²) in [6.45, 7) is 6.70. The maximum absolute atomic E-state index is 12.0. The highest BCUT2D eigenvalue weighted by Gasteiger charge is 2.18. The van der Waals surface area contributed by atoms with E-state index < -0.39 is 5.97 Å². The van der Waals surface area contributed by atoms with Crippen molar-refractivity contribution in [2.75, 3.05) is 6.61 Å². The van der Waals surface area contributed by atoms with Gasteiger partial charge in [-0.25, -0.2) is 4.79 Å². The molecule has 0 unspecified atom stereocenters. The minimum atomic E-state index is -0.394. The summed E-state index contributed by atoms with van der Waals surface area (Å²) < 4.78 is 7.22. The van der Waals surface area contributed by atoms with E-state index in [0.29, 0.717) is 24.4 Å². The standard InChI is InChI=1S/C20H20N4O2/c1-4-26-20(25)19-17(11-22-23-19)12-24-13(2)9-18(14(24)3)16-7-5-15(10-21)6-8-16/h5-9,11H,4,12H2,1-3H3,(H,22,23). The van der Waals surface area contributed by atoms with Gasteiger partial charge in [0, 0.05) is 22.5 Å². The van der Waals surface area contributed by atoms with E-state index in [1.807, 2.05) is 38.1 Å². The molecule has 0 aliphatic rings. The maximum atomic E-state index is 12.0. The van der Waals surface area contributed by atoms with Gasteiger partial charge in [-0.2, -0.15) is 10.4 Å². The Kier molecular flexibility index (Phi) is 4.90. The van der Waals surface area contributed by atoms with Crippen molar-refractivity contribution in [1.82, 2.24) is 14.8 Å². The number of carbonyl (C=O) groups is 1. The average Bonchev–Trinajstić information content (AvgIpc) is 3.22. The largest absolute Gasteiger partial charge is 0.461 e. The van der Waals surface area contributed by atoms with Crippen LogP contribution in [0.2, 0.25) is 0 Å². The molecule has 0 amide bonds. The lowest BCUT2D eigenvalue weighted by Crippen LogP contribution is -2.11. The highest BCUT2D eigenvalue weighted by Crippen LogP contribution is 2.28. The first-order chi connectivity index (χ1) is 12.5. The Hall–Kier alpha value is -3.33. The molecule has 0 radical (unpaired) electrons. The molecule has 6 nitrogen and oxygen atoms in total. The summed E-state index contributed by atoms with van der Waals surface area (Å²) in [4.78, 5) is 12.0. The van der Waals surface area contributed by atoms with Crippen molar-refractivity contribution in [3.8, 4) is 17.2 Å². The van der Waals surface area contributed by atoms with Crippen molar-refractivity contribution in [2.45, 2.75) is 27.3 Å². The number of benzene rings is 1. The second-order valence-corrected chi connectivity index (χ2v) is 6.05. The van der Waals surface area contributed by atoms with E-state index >= 15 is 0 Å². The van der Waals surface area contributed by atoms with Crippen LogP contribution in [0.5, 0.6) is 0 Å². The van der Waals surface area contributed by atoms with E-state index in [-0.39, 0.29) is 0 Å². The summed E-state index contributed by atoms with van der Waals surface area (Å²) in [5, 5.41) is 15.7. The van der Waals surface area contributed by atoms with Gasteiger partial charge in [0.05, 0.1) is 31.0 Å². The van der Waals surface area contributed by atoms with Gasteiger partial charge in [-0.3, -0.25) is 5.10 Å². The van der Waals surface area contributed by atoms with E-state index in [4.69, 9.17) is 10.00 Å². The first-order valence-electron chi connectivity index (χ1n) is 8.41. The summed E-state index contributed by atoms with van der Waals surface area (Å²) in [5.41, 5.74) is 6.14. The number of ether oxygens (including phenoxy) is 1. The lowest BCUT2D eigenvalue weighted by atomic mass is 10.0. The van der Waals surface area contributed by atoms with E-state index in [0.717, 1.165) is 28.1 Å². The van der Waals surface area contributed by atoms with E-state index in [1.54, 1.807) is 13.1 Å². The van der Waals surface area contributed by atoms with Gasteiger partial charge in [0.2, 0.25) is 0 Å². The Morgan fingerprint density at radius 3 is 2.69 bits per heavy atom. The second-order valence-electron chi connectivity index (χ2n) is 6.05. The molecule has 132 valence electrons. The summed E-state index contributed by atoms with van der Waals surface area (Å²) in [6.07, 6.45) is 1.66. The molecule has 6 heteroatoms. The van der Waals surface area contributed by atoms with E-state index in [2.05, 4.69) is 26.9 Å². The summed E-state index contributed by atoms with van der Waals surface area (Å²) in [5.74, 6) is -0.394. The zero-order valence-corrected chi connectivity index (χ0v) is 15.0. The predicted molar refractivity (Wildman–Crippen MR) is 97.7 cm³/mol. The molecular formula is C20H20N4O2. The Morgan fingerprint density at radius 2 is 2.04 bits per heavy atom.